The molecule has 0 unspecified atom stereocenters. The topological polar surface area (TPSA) is 88.4 Å². The first-order valence-corrected chi connectivity index (χ1v) is 12.7. The molecule has 2 aromatic carbocycles. The number of benzene rings is 2. The van der Waals surface area contributed by atoms with Gasteiger partial charge in [-0.15, -0.1) is 0 Å². The van der Waals surface area contributed by atoms with E-state index in [1.54, 1.807) is 64.3 Å². The molecule has 0 spiro atoms. The summed E-state index contributed by atoms with van der Waals surface area (Å²) in [4.78, 5) is 32.2. The molecule has 4 rings (SSSR count). The van der Waals surface area contributed by atoms with Gasteiger partial charge in [0.15, 0.2) is 4.80 Å². The number of nitrogens with zero attached hydrogens (tertiary/aromatic N) is 2. The Bertz CT molecular complexity index is 1570. The molecule has 1 aliphatic rings. The molecule has 10 heteroatoms. The van der Waals surface area contributed by atoms with Crippen LogP contribution in [0.2, 0.25) is 5.02 Å². The Labute approximate surface area is 223 Å². The summed E-state index contributed by atoms with van der Waals surface area (Å²) in [6.45, 7) is 5.27. The average Bonchev–Trinajstić information content (AvgIpc) is 3.16. The fourth-order valence-electron chi connectivity index (χ4n) is 4.13. The largest absolute Gasteiger partial charge is 0.497 e. The molecule has 1 aliphatic heterocycles. The number of carbonyl (C=O) groups is 1. The summed E-state index contributed by atoms with van der Waals surface area (Å²) >= 11 is 7.51. The van der Waals surface area contributed by atoms with Crippen molar-refractivity contribution in [2.75, 3.05) is 21.3 Å². The van der Waals surface area contributed by atoms with Gasteiger partial charge in [0.1, 0.15) is 23.3 Å². The van der Waals surface area contributed by atoms with E-state index in [0.29, 0.717) is 42.9 Å². The van der Waals surface area contributed by atoms with Crippen LogP contribution in [0.3, 0.4) is 0 Å². The van der Waals surface area contributed by atoms with Crippen LogP contribution in [0, 0.1) is 0 Å². The number of rotatable bonds is 7. The van der Waals surface area contributed by atoms with Crippen molar-refractivity contribution in [3.05, 3.63) is 83.5 Å². The van der Waals surface area contributed by atoms with Crippen molar-refractivity contribution in [2.45, 2.75) is 32.9 Å². The van der Waals surface area contributed by atoms with Gasteiger partial charge in [-0.1, -0.05) is 29.0 Å². The fourth-order valence-corrected chi connectivity index (χ4v) is 5.44. The number of halogens is 1. The highest BCUT2D eigenvalue weighted by atomic mass is 35.5. The zero-order chi connectivity index (χ0) is 26.9. The van der Waals surface area contributed by atoms with Crippen LogP contribution >= 0.6 is 22.9 Å². The maximum Gasteiger partial charge on any atom is 0.338 e. The molecule has 2 heterocycles. The van der Waals surface area contributed by atoms with Gasteiger partial charge in [-0.3, -0.25) is 9.36 Å². The number of esters is 1. The first-order valence-electron chi connectivity index (χ1n) is 11.5. The van der Waals surface area contributed by atoms with E-state index in [9.17, 15) is 9.59 Å². The van der Waals surface area contributed by atoms with Crippen LogP contribution in [-0.2, 0) is 9.53 Å². The minimum absolute atomic E-state index is 0.256. The van der Waals surface area contributed by atoms with Crippen LogP contribution in [0.5, 0.6) is 17.2 Å². The van der Waals surface area contributed by atoms with E-state index in [-0.39, 0.29) is 17.2 Å². The second-order valence-corrected chi connectivity index (χ2v) is 9.95. The highest BCUT2D eigenvalue weighted by molar-refractivity contribution is 7.07. The molecule has 0 N–H and O–H groups in total. The monoisotopic (exact) mass is 542 g/mol. The number of carbonyl (C=O) groups excluding carboxylic acids is 1. The lowest BCUT2D eigenvalue weighted by atomic mass is 9.94. The van der Waals surface area contributed by atoms with E-state index in [2.05, 4.69) is 4.99 Å². The summed E-state index contributed by atoms with van der Waals surface area (Å²) in [5.74, 6) is 1.03. The fraction of sp³-hybridized carbons (Fsp3) is 0.296. The van der Waals surface area contributed by atoms with E-state index in [1.807, 2.05) is 6.07 Å². The summed E-state index contributed by atoms with van der Waals surface area (Å²) in [6.07, 6.45) is 1.38. The van der Waals surface area contributed by atoms with E-state index >= 15 is 0 Å². The van der Waals surface area contributed by atoms with Gasteiger partial charge >= 0.3 is 5.97 Å². The first-order chi connectivity index (χ1) is 17.7. The van der Waals surface area contributed by atoms with Gasteiger partial charge in [0.2, 0.25) is 0 Å². The lowest BCUT2D eigenvalue weighted by molar-refractivity contribution is -0.143. The second-order valence-electron chi connectivity index (χ2n) is 8.54. The Balaban J connectivity index is 1.99. The Hall–Kier alpha value is -3.56. The van der Waals surface area contributed by atoms with Crippen LogP contribution < -0.4 is 29.1 Å². The third-order valence-electron chi connectivity index (χ3n) is 5.79. The number of hydrogen-bond acceptors (Lipinski definition) is 8. The van der Waals surface area contributed by atoms with E-state index in [4.69, 9.17) is 30.5 Å². The van der Waals surface area contributed by atoms with Crippen molar-refractivity contribution >= 4 is 35.0 Å². The van der Waals surface area contributed by atoms with Crippen molar-refractivity contribution in [3.63, 3.8) is 0 Å². The summed E-state index contributed by atoms with van der Waals surface area (Å²) in [5.41, 5.74) is 1.70. The van der Waals surface area contributed by atoms with Crippen LogP contribution in [-0.4, -0.2) is 38.0 Å². The number of methoxy groups -OCH3 is 3. The lowest BCUT2D eigenvalue weighted by Gasteiger charge is -2.26. The lowest BCUT2D eigenvalue weighted by Crippen LogP contribution is -2.40. The second kappa shape index (κ2) is 10.8. The predicted molar refractivity (Wildman–Crippen MR) is 143 cm³/mol. The Morgan fingerprint density at radius 3 is 2.41 bits per heavy atom. The van der Waals surface area contributed by atoms with E-state index in [1.165, 1.54) is 30.1 Å². The quantitative estimate of drug-likeness (QED) is 0.421. The van der Waals surface area contributed by atoms with Crippen molar-refractivity contribution in [2.24, 2.45) is 4.99 Å². The number of hydrogen-bond donors (Lipinski definition) is 0. The molecule has 1 aromatic heterocycles. The number of thiazole rings is 1. The summed E-state index contributed by atoms with van der Waals surface area (Å²) in [6, 6.07) is 9.67. The molecule has 0 aliphatic carbocycles. The standard InChI is InChI=1S/C27H27ClN2O6S/c1-14(2)36-26(32)23-15(3)29-27-30(24(23)18-13-17(33-4)8-10-20(18)34-5)25(31)22(37-27)12-16-7-9-21(35-6)19(28)11-16/h7-14,24H,1-6H3/b22-12-/t24-/m0/s1. The van der Waals surface area contributed by atoms with Crippen LogP contribution in [0.4, 0.5) is 0 Å². The molecule has 8 nitrogen and oxygen atoms in total. The van der Waals surface area contributed by atoms with Gasteiger partial charge in [-0.25, -0.2) is 9.79 Å². The third-order valence-corrected chi connectivity index (χ3v) is 7.07. The average molecular weight is 543 g/mol. The third kappa shape index (κ3) is 5.14. The zero-order valence-corrected chi connectivity index (χ0v) is 22.9. The Morgan fingerprint density at radius 2 is 1.78 bits per heavy atom. The van der Waals surface area contributed by atoms with Crippen molar-refractivity contribution in [1.82, 2.24) is 4.57 Å². The minimum atomic E-state index is -0.839. The molecule has 194 valence electrons. The molecular formula is C27H27ClN2O6S. The molecule has 0 radical (unpaired) electrons. The maximum atomic E-state index is 13.8. The van der Waals surface area contributed by atoms with Crippen molar-refractivity contribution in [1.29, 1.82) is 0 Å². The highest BCUT2D eigenvalue weighted by Gasteiger charge is 2.35. The van der Waals surface area contributed by atoms with Crippen molar-refractivity contribution in [3.8, 4) is 17.2 Å². The van der Waals surface area contributed by atoms with Gasteiger partial charge in [0.05, 0.1) is 48.3 Å². The Kier molecular flexibility index (Phi) is 7.75. The maximum absolute atomic E-state index is 13.8. The van der Waals surface area contributed by atoms with Gasteiger partial charge in [-0.05, 0) is 62.7 Å². The smallest absolute Gasteiger partial charge is 0.338 e. The van der Waals surface area contributed by atoms with Crippen LogP contribution in [0.25, 0.3) is 6.08 Å². The van der Waals surface area contributed by atoms with Crippen LogP contribution in [0.15, 0.2) is 57.5 Å². The molecule has 0 saturated carbocycles. The molecule has 0 saturated heterocycles. The number of ether oxygens (including phenoxy) is 4. The molecule has 0 bridgehead atoms. The number of fused-ring (bicyclic) bond motifs is 1. The molecule has 37 heavy (non-hydrogen) atoms. The number of allylic oxidation sites excluding steroid dienone is 1. The molecular weight excluding hydrogens is 516 g/mol. The van der Waals surface area contributed by atoms with Gasteiger partial charge < -0.3 is 18.9 Å². The first kappa shape index (κ1) is 26.5. The molecule has 0 fully saturated rings. The summed E-state index contributed by atoms with van der Waals surface area (Å²) < 4.78 is 23.8. The zero-order valence-electron chi connectivity index (χ0n) is 21.3. The SMILES string of the molecule is COc1ccc(OC)c([C@H]2C(C(=O)OC(C)C)=C(C)N=c3s/c(=C\c4ccc(OC)c(Cl)c4)c(=O)n32)c1. The molecule has 0 amide bonds. The number of aromatic nitrogens is 1. The van der Waals surface area contributed by atoms with Gasteiger partial charge in [0.25, 0.3) is 5.56 Å². The normalized spacial score (nSPS) is 15.4. The summed E-state index contributed by atoms with van der Waals surface area (Å²) in [7, 11) is 4.62. The minimum Gasteiger partial charge on any atom is -0.497 e. The highest BCUT2D eigenvalue weighted by Crippen LogP contribution is 2.38. The van der Waals surface area contributed by atoms with E-state index in [0.717, 1.165) is 5.56 Å². The predicted octanol–water partition coefficient (Wildman–Crippen LogP) is 3.87. The van der Waals surface area contributed by atoms with Crippen LogP contribution in [0.1, 0.15) is 37.9 Å². The Morgan fingerprint density at radius 1 is 1.08 bits per heavy atom. The van der Waals surface area contributed by atoms with Gasteiger partial charge in [0, 0.05) is 5.56 Å². The molecule has 3 aromatic rings. The summed E-state index contributed by atoms with van der Waals surface area (Å²) in [5, 5.41) is 0.428. The van der Waals surface area contributed by atoms with Crippen molar-refractivity contribution < 1.29 is 23.7 Å². The van der Waals surface area contributed by atoms with Gasteiger partial charge in [-0.2, -0.15) is 0 Å². The molecule has 1 atom stereocenters. The van der Waals surface area contributed by atoms with E-state index < -0.39 is 12.0 Å².